The van der Waals surface area contributed by atoms with E-state index >= 15 is 0 Å². The van der Waals surface area contributed by atoms with Gasteiger partial charge in [0.15, 0.2) is 0 Å². The van der Waals surface area contributed by atoms with E-state index in [0.717, 1.165) is 36.4 Å². The molecule has 0 radical (unpaired) electrons. The summed E-state index contributed by atoms with van der Waals surface area (Å²) in [6, 6.07) is 5.95. The molecule has 19 heavy (non-hydrogen) atoms. The summed E-state index contributed by atoms with van der Waals surface area (Å²) in [5, 5.41) is 10.1. The van der Waals surface area contributed by atoms with Crippen molar-refractivity contribution >= 4 is 22.6 Å². The summed E-state index contributed by atoms with van der Waals surface area (Å²) in [6.07, 6.45) is 3.47. The second kappa shape index (κ2) is 5.49. The molecule has 1 aromatic carbocycles. The number of imidazole rings is 1. The number of likely N-dealkylation sites (tertiary alicyclic amines) is 1. The molecule has 1 aliphatic heterocycles. The van der Waals surface area contributed by atoms with Gasteiger partial charge < -0.3 is 10.1 Å². The Morgan fingerprint density at radius 3 is 3.16 bits per heavy atom. The van der Waals surface area contributed by atoms with E-state index in [1.807, 2.05) is 18.2 Å². The minimum absolute atomic E-state index is 0.228. The normalized spacial score (nSPS) is 21.1. The van der Waals surface area contributed by atoms with Crippen molar-refractivity contribution in [2.45, 2.75) is 31.8 Å². The van der Waals surface area contributed by atoms with Gasteiger partial charge in [-0.2, -0.15) is 0 Å². The lowest BCUT2D eigenvalue weighted by atomic mass is 10.0. The minimum atomic E-state index is 0.228. The Hall–Kier alpha value is -1.10. The molecule has 0 spiro atoms. The second-order valence-corrected chi connectivity index (χ2v) is 5.58. The number of hydrogen-bond donors (Lipinski definition) is 2. The number of fused-ring (bicyclic) bond motifs is 1. The Bertz CT molecular complexity index is 569. The Kier molecular flexibility index (Phi) is 3.73. The van der Waals surface area contributed by atoms with Gasteiger partial charge in [-0.15, -0.1) is 0 Å². The number of aromatic amines is 1. The number of aromatic nitrogens is 2. The molecule has 1 aromatic heterocycles. The fourth-order valence-corrected chi connectivity index (χ4v) is 2.95. The Balaban J connectivity index is 1.80. The number of hydrogen-bond acceptors (Lipinski definition) is 3. The van der Waals surface area contributed by atoms with Crippen LogP contribution in [0.1, 0.15) is 25.1 Å². The maximum Gasteiger partial charge on any atom is 0.121 e. The summed E-state index contributed by atoms with van der Waals surface area (Å²) in [5.41, 5.74) is 1.91. The molecule has 4 nitrogen and oxygen atoms in total. The number of aliphatic hydroxyl groups is 1. The van der Waals surface area contributed by atoms with Crippen LogP contribution in [0.5, 0.6) is 0 Å². The Morgan fingerprint density at radius 1 is 1.42 bits per heavy atom. The number of halogens is 1. The number of rotatable bonds is 3. The van der Waals surface area contributed by atoms with Crippen molar-refractivity contribution in [3.8, 4) is 0 Å². The monoisotopic (exact) mass is 279 g/mol. The summed E-state index contributed by atoms with van der Waals surface area (Å²) in [4.78, 5) is 10.2. The summed E-state index contributed by atoms with van der Waals surface area (Å²) < 4.78 is 0. The van der Waals surface area contributed by atoms with E-state index < -0.39 is 0 Å². The maximum absolute atomic E-state index is 9.43. The van der Waals surface area contributed by atoms with Crippen LogP contribution in [0.4, 0.5) is 0 Å². The number of H-pyrrole nitrogens is 1. The third-order valence-electron chi connectivity index (χ3n) is 3.81. The van der Waals surface area contributed by atoms with E-state index in [1.54, 1.807) is 0 Å². The van der Waals surface area contributed by atoms with Gasteiger partial charge in [0, 0.05) is 11.1 Å². The highest BCUT2D eigenvalue weighted by atomic mass is 35.5. The van der Waals surface area contributed by atoms with Crippen molar-refractivity contribution in [2.75, 3.05) is 13.2 Å². The van der Waals surface area contributed by atoms with Gasteiger partial charge in [-0.3, -0.25) is 4.90 Å². The molecule has 0 aliphatic carbocycles. The molecule has 5 heteroatoms. The van der Waals surface area contributed by atoms with Crippen LogP contribution in [0.3, 0.4) is 0 Å². The van der Waals surface area contributed by atoms with Gasteiger partial charge >= 0.3 is 0 Å². The van der Waals surface area contributed by atoms with E-state index in [2.05, 4.69) is 14.9 Å². The largest absolute Gasteiger partial charge is 0.395 e. The van der Waals surface area contributed by atoms with Crippen LogP contribution in [0.2, 0.25) is 5.02 Å². The topological polar surface area (TPSA) is 52.1 Å². The Morgan fingerprint density at radius 2 is 2.32 bits per heavy atom. The fourth-order valence-electron chi connectivity index (χ4n) is 2.78. The molecule has 3 rings (SSSR count). The predicted molar refractivity (Wildman–Crippen MR) is 76.2 cm³/mol. The average Bonchev–Trinajstić information content (AvgIpc) is 2.80. The molecule has 1 aliphatic rings. The molecule has 0 bridgehead atoms. The predicted octanol–water partition coefficient (Wildman–Crippen LogP) is 2.56. The molecule has 2 aromatic rings. The molecule has 2 N–H and O–H groups in total. The second-order valence-electron chi connectivity index (χ2n) is 5.15. The van der Waals surface area contributed by atoms with Crippen LogP contribution in [0.25, 0.3) is 11.0 Å². The van der Waals surface area contributed by atoms with Crippen LogP contribution in [0.15, 0.2) is 18.2 Å². The highest BCUT2D eigenvalue weighted by Crippen LogP contribution is 2.21. The van der Waals surface area contributed by atoms with E-state index in [4.69, 9.17) is 11.6 Å². The zero-order valence-electron chi connectivity index (χ0n) is 10.8. The van der Waals surface area contributed by atoms with E-state index in [0.29, 0.717) is 5.02 Å². The quantitative estimate of drug-likeness (QED) is 0.908. The van der Waals surface area contributed by atoms with Gasteiger partial charge in [-0.25, -0.2) is 4.98 Å². The van der Waals surface area contributed by atoms with Crippen LogP contribution < -0.4 is 0 Å². The number of benzene rings is 1. The van der Waals surface area contributed by atoms with Crippen LogP contribution >= 0.6 is 11.6 Å². The molecule has 0 amide bonds. The van der Waals surface area contributed by atoms with Gasteiger partial charge in [-0.1, -0.05) is 18.0 Å². The highest BCUT2D eigenvalue weighted by molar-refractivity contribution is 6.31. The highest BCUT2D eigenvalue weighted by Gasteiger charge is 2.22. The van der Waals surface area contributed by atoms with Crippen LogP contribution in [-0.4, -0.2) is 39.2 Å². The molecule has 1 fully saturated rings. The molecule has 0 unspecified atom stereocenters. The smallest absolute Gasteiger partial charge is 0.121 e. The first-order valence-electron chi connectivity index (χ1n) is 6.75. The van der Waals surface area contributed by atoms with Crippen molar-refractivity contribution < 1.29 is 5.11 Å². The number of nitrogens with one attached hydrogen (secondary N) is 1. The average molecular weight is 280 g/mol. The third-order valence-corrected chi connectivity index (χ3v) is 4.04. The zero-order valence-corrected chi connectivity index (χ0v) is 11.5. The number of nitrogens with zero attached hydrogens (tertiary/aromatic N) is 2. The third kappa shape index (κ3) is 2.76. The summed E-state index contributed by atoms with van der Waals surface area (Å²) in [7, 11) is 0. The molecular weight excluding hydrogens is 262 g/mol. The molecule has 1 atom stereocenters. The molecular formula is C14H18ClN3O. The SMILES string of the molecule is OC[C@H]1CCCCN1Cc1nc2ccc(Cl)cc2[nH]1. The first kappa shape index (κ1) is 12.9. The lowest BCUT2D eigenvalue weighted by Crippen LogP contribution is -2.41. The molecule has 2 heterocycles. The molecule has 0 saturated carbocycles. The minimum Gasteiger partial charge on any atom is -0.395 e. The zero-order chi connectivity index (χ0) is 13.2. The standard InChI is InChI=1S/C14H18ClN3O/c15-10-4-5-12-13(7-10)17-14(16-12)8-18-6-2-1-3-11(18)9-19/h4-5,7,11,19H,1-3,6,8-9H2,(H,16,17)/t11-/m1/s1. The van der Waals surface area contributed by atoms with Crippen molar-refractivity contribution in [3.05, 3.63) is 29.0 Å². The summed E-state index contributed by atoms with van der Waals surface area (Å²) in [5.74, 6) is 0.942. The first-order valence-corrected chi connectivity index (χ1v) is 7.13. The van der Waals surface area contributed by atoms with E-state index in [-0.39, 0.29) is 12.6 Å². The van der Waals surface area contributed by atoms with E-state index in [9.17, 15) is 5.11 Å². The fraction of sp³-hybridized carbons (Fsp3) is 0.500. The van der Waals surface area contributed by atoms with Crippen molar-refractivity contribution in [3.63, 3.8) is 0 Å². The lowest BCUT2D eigenvalue weighted by Gasteiger charge is -2.33. The van der Waals surface area contributed by atoms with Crippen LogP contribution in [-0.2, 0) is 6.54 Å². The number of aliphatic hydroxyl groups excluding tert-OH is 1. The summed E-state index contributed by atoms with van der Waals surface area (Å²) >= 11 is 5.97. The van der Waals surface area contributed by atoms with Crippen LogP contribution in [0, 0.1) is 0 Å². The van der Waals surface area contributed by atoms with E-state index in [1.165, 1.54) is 12.8 Å². The molecule has 102 valence electrons. The van der Waals surface area contributed by atoms with Crippen molar-refractivity contribution in [1.82, 2.24) is 14.9 Å². The van der Waals surface area contributed by atoms with Crippen molar-refractivity contribution in [2.24, 2.45) is 0 Å². The molecule has 1 saturated heterocycles. The number of piperidine rings is 1. The Labute approximate surface area is 117 Å². The van der Waals surface area contributed by atoms with Gasteiger partial charge in [0.25, 0.3) is 0 Å². The lowest BCUT2D eigenvalue weighted by molar-refractivity contribution is 0.0822. The first-order chi connectivity index (χ1) is 9.26. The van der Waals surface area contributed by atoms with Gasteiger partial charge in [-0.05, 0) is 37.6 Å². The van der Waals surface area contributed by atoms with Gasteiger partial charge in [0.1, 0.15) is 5.82 Å². The van der Waals surface area contributed by atoms with Gasteiger partial charge in [0.05, 0.1) is 24.2 Å². The van der Waals surface area contributed by atoms with Crippen molar-refractivity contribution in [1.29, 1.82) is 0 Å². The summed E-state index contributed by atoms with van der Waals surface area (Å²) in [6.45, 7) is 2.02. The maximum atomic E-state index is 9.43. The van der Waals surface area contributed by atoms with Gasteiger partial charge in [0.2, 0.25) is 0 Å².